The molecule has 0 rings (SSSR count). The van der Waals surface area contributed by atoms with E-state index >= 15 is 0 Å². The van der Waals surface area contributed by atoms with Crippen LogP contribution in [0.15, 0.2) is 0 Å². The van der Waals surface area contributed by atoms with E-state index in [4.69, 9.17) is 10.8 Å². The van der Waals surface area contributed by atoms with Gasteiger partial charge in [-0.05, 0) is 12.3 Å². The highest BCUT2D eigenvalue weighted by Gasteiger charge is 2.23. The molecule has 15 heavy (non-hydrogen) atoms. The SMILES string of the molecule is CC(C)CC(NC(=O)C(N)CS)C(=O)O. The predicted octanol–water partition coefficient (Wildman–Crippen LogP) is -0.141. The van der Waals surface area contributed by atoms with Gasteiger partial charge in [0.25, 0.3) is 0 Å². The van der Waals surface area contributed by atoms with E-state index in [0.717, 1.165) is 0 Å². The lowest BCUT2D eigenvalue weighted by Crippen LogP contribution is -2.49. The summed E-state index contributed by atoms with van der Waals surface area (Å²) in [4.78, 5) is 22.1. The molecule has 2 unspecified atom stereocenters. The van der Waals surface area contributed by atoms with Gasteiger partial charge in [-0.25, -0.2) is 4.79 Å². The molecule has 0 aromatic carbocycles. The van der Waals surface area contributed by atoms with Crippen LogP contribution in [-0.2, 0) is 9.59 Å². The van der Waals surface area contributed by atoms with Gasteiger partial charge in [0.15, 0.2) is 0 Å². The third-order valence-corrected chi connectivity index (χ3v) is 2.25. The molecule has 0 bridgehead atoms. The zero-order chi connectivity index (χ0) is 12.0. The smallest absolute Gasteiger partial charge is 0.326 e. The van der Waals surface area contributed by atoms with Crippen LogP contribution in [0.3, 0.4) is 0 Å². The zero-order valence-electron chi connectivity index (χ0n) is 8.93. The van der Waals surface area contributed by atoms with E-state index in [1.165, 1.54) is 0 Å². The topological polar surface area (TPSA) is 92.4 Å². The first-order valence-electron chi connectivity index (χ1n) is 4.78. The van der Waals surface area contributed by atoms with Crippen molar-refractivity contribution in [3.05, 3.63) is 0 Å². The van der Waals surface area contributed by atoms with Gasteiger partial charge in [-0.15, -0.1) is 0 Å². The number of hydrogen-bond acceptors (Lipinski definition) is 4. The van der Waals surface area contributed by atoms with E-state index in [1.807, 2.05) is 13.8 Å². The third kappa shape index (κ3) is 5.64. The number of carbonyl (C=O) groups excluding carboxylic acids is 1. The maximum atomic E-state index is 11.3. The quantitative estimate of drug-likeness (QED) is 0.481. The average Bonchev–Trinajstić information content (AvgIpc) is 2.14. The molecule has 0 aliphatic heterocycles. The molecular weight excluding hydrogens is 216 g/mol. The molecule has 0 aliphatic carbocycles. The monoisotopic (exact) mass is 234 g/mol. The molecule has 0 fully saturated rings. The highest BCUT2D eigenvalue weighted by atomic mass is 32.1. The summed E-state index contributed by atoms with van der Waals surface area (Å²) in [7, 11) is 0. The first-order valence-corrected chi connectivity index (χ1v) is 5.41. The third-order valence-electron chi connectivity index (χ3n) is 1.86. The van der Waals surface area contributed by atoms with E-state index in [2.05, 4.69) is 17.9 Å². The molecule has 88 valence electrons. The lowest BCUT2D eigenvalue weighted by molar-refractivity contribution is -0.142. The van der Waals surface area contributed by atoms with Gasteiger partial charge in [0.05, 0.1) is 6.04 Å². The highest BCUT2D eigenvalue weighted by Crippen LogP contribution is 2.05. The van der Waals surface area contributed by atoms with Crippen LogP contribution in [-0.4, -0.2) is 34.8 Å². The number of aliphatic carboxylic acids is 1. The van der Waals surface area contributed by atoms with Gasteiger partial charge in [0.2, 0.25) is 5.91 Å². The maximum absolute atomic E-state index is 11.3. The Morgan fingerprint density at radius 1 is 1.47 bits per heavy atom. The van der Waals surface area contributed by atoms with Crippen LogP contribution < -0.4 is 11.1 Å². The van der Waals surface area contributed by atoms with Gasteiger partial charge in [0, 0.05) is 5.75 Å². The van der Waals surface area contributed by atoms with Crippen LogP contribution in [0.5, 0.6) is 0 Å². The van der Waals surface area contributed by atoms with Crippen molar-refractivity contribution in [2.75, 3.05) is 5.75 Å². The largest absolute Gasteiger partial charge is 0.480 e. The van der Waals surface area contributed by atoms with Crippen LogP contribution in [0.2, 0.25) is 0 Å². The summed E-state index contributed by atoms with van der Waals surface area (Å²) in [6.45, 7) is 3.78. The number of nitrogens with one attached hydrogen (secondary N) is 1. The Bertz CT molecular complexity index is 233. The molecule has 0 spiro atoms. The van der Waals surface area contributed by atoms with Crippen molar-refractivity contribution in [2.24, 2.45) is 11.7 Å². The molecule has 0 aromatic rings. The Balaban J connectivity index is 4.29. The summed E-state index contributed by atoms with van der Waals surface area (Å²) in [6.07, 6.45) is 0.389. The molecule has 0 heterocycles. The van der Waals surface area contributed by atoms with E-state index in [9.17, 15) is 9.59 Å². The molecule has 2 atom stereocenters. The number of carboxylic acids is 1. The average molecular weight is 234 g/mol. The molecule has 0 aliphatic rings. The number of amides is 1. The standard InChI is InChI=1S/C9H18N2O3S/c1-5(2)3-7(9(13)14)11-8(12)6(10)4-15/h5-7,15H,3-4,10H2,1-2H3,(H,11,12)(H,13,14). The van der Waals surface area contributed by atoms with E-state index in [0.29, 0.717) is 6.42 Å². The lowest BCUT2D eigenvalue weighted by atomic mass is 10.0. The van der Waals surface area contributed by atoms with Crippen LogP contribution >= 0.6 is 12.6 Å². The van der Waals surface area contributed by atoms with E-state index in [1.54, 1.807) is 0 Å². The van der Waals surface area contributed by atoms with Gasteiger partial charge >= 0.3 is 5.97 Å². The second-order valence-electron chi connectivity index (χ2n) is 3.82. The molecule has 0 saturated heterocycles. The van der Waals surface area contributed by atoms with Crippen LogP contribution in [0, 0.1) is 5.92 Å². The minimum Gasteiger partial charge on any atom is -0.480 e. The Morgan fingerprint density at radius 2 is 2.00 bits per heavy atom. The summed E-state index contributed by atoms with van der Waals surface area (Å²) in [6, 6.07) is -1.63. The zero-order valence-corrected chi connectivity index (χ0v) is 9.83. The Labute approximate surface area is 94.8 Å². The Morgan fingerprint density at radius 3 is 2.33 bits per heavy atom. The van der Waals surface area contributed by atoms with Crippen LogP contribution in [0.4, 0.5) is 0 Å². The van der Waals surface area contributed by atoms with Crippen molar-refractivity contribution in [1.29, 1.82) is 0 Å². The molecule has 0 saturated carbocycles. The summed E-state index contributed by atoms with van der Waals surface area (Å²) in [5.41, 5.74) is 5.41. The van der Waals surface area contributed by atoms with Crippen molar-refractivity contribution >= 4 is 24.5 Å². The van der Waals surface area contributed by atoms with E-state index in [-0.39, 0.29) is 11.7 Å². The van der Waals surface area contributed by atoms with Gasteiger partial charge in [-0.1, -0.05) is 13.8 Å². The number of rotatable bonds is 6. The summed E-state index contributed by atoms with van der Waals surface area (Å²) >= 11 is 3.87. The van der Waals surface area contributed by atoms with Crippen molar-refractivity contribution in [3.63, 3.8) is 0 Å². The van der Waals surface area contributed by atoms with Crippen LogP contribution in [0.1, 0.15) is 20.3 Å². The molecular formula is C9H18N2O3S. The highest BCUT2D eigenvalue weighted by molar-refractivity contribution is 7.80. The maximum Gasteiger partial charge on any atom is 0.326 e. The second-order valence-corrected chi connectivity index (χ2v) is 4.18. The van der Waals surface area contributed by atoms with Crippen molar-refractivity contribution < 1.29 is 14.7 Å². The van der Waals surface area contributed by atoms with Crippen molar-refractivity contribution in [1.82, 2.24) is 5.32 Å². The van der Waals surface area contributed by atoms with E-state index < -0.39 is 24.0 Å². The molecule has 6 heteroatoms. The number of hydrogen-bond donors (Lipinski definition) is 4. The van der Waals surface area contributed by atoms with Gasteiger partial charge in [-0.2, -0.15) is 12.6 Å². The van der Waals surface area contributed by atoms with Gasteiger partial charge < -0.3 is 16.2 Å². The fourth-order valence-corrected chi connectivity index (χ4v) is 1.22. The Kier molecular flexibility index (Phi) is 6.35. The fourth-order valence-electron chi connectivity index (χ4n) is 1.05. The van der Waals surface area contributed by atoms with Gasteiger partial charge in [-0.3, -0.25) is 4.79 Å². The number of nitrogens with two attached hydrogens (primary N) is 1. The first-order chi connectivity index (χ1) is 6.88. The lowest BCUT2D eigenvalue weighted by Gasteiger charge is -2.18. The molecule has 1 amide bonds. The van der Waals surface area contributed by atoms with Crippen LogP contribution in [0.25, 0.3) is 0 Å². The summed E-state index contributed by atoms with van der Waals surface area (Å²) in [5.74, 6) is -1.13. The molecule has 0 aromatic heterocycles. The normalized spacial score (nSPS) is 14.7. The number of thiol groups is 1. The first kappa shape index (κ1) is 14.2. The van der Waals surface area contributed by atoms with Gasteiger partial charge in [0.1, 0.15) is 6.04 Å². The number of carbonyl (C=O) groups is 2. The summed E-state index contributed by atoms with van der Waals surface area (Å²) in [5, 5.41) is 11.2. The number of carboxylic acid groups (broad SMARTS) is 1. The van der Waals surface area contributed by atoms with Crippen molar-refractivity contribution in [2.45, 2.75) is 32.4 Å². The molecule has 0 radical (unpaired) electrons. The Hall–Kier alpha value is -0.750. The minimum atomic E-state index is -1.04. The van der Waals surface area contributed by atoms with Crippen molar-refractivity contribution in [3.8, 4) is 0 Å². The predicted molar refractivity (Wildman–Crippen MR) is 60.8 cm³/mol. The fraction of sp³-hybridized carbons (Fsp3) is 0.778. The summed E-state index contributed by atoms with van der Waals surface area (Å²) < 4.78 is 0. The second kappa shape index (κ2) is 6.68. The molecule has 4 N–H and O–H groups in total. The molecule has 5 nitrogen and oxygen atoms in total. The minimum absolute atomic E-state index is 0.193.